The van der Waals surface area contributed by atoms with E-state index in [9.17, 15) is 9.59 Å². The fraction of sp³-hybridized carbons (Fsp3) is 0.176. The molecule has 9 nitrogen and oxygen atoms in total. The molecule has 9 heteroatoms. The molecule has 0 unspecified atom stereocenters. The fourth-order valence-corrected chi connectivity index (χ4v) is 5.14. The summed E-state index contributed by atoms with van der Waals surface area (Å²) in [5, 5.41) is 6.44. The van der Waals surface area contributed by atoms with E-state index in [4.69, 9.17) is 4.74 Å². The van der Waals surface area contributed by atoms with Gasteiger partial charge < -0.3 is 24.7 Å². The summed E-state index contributed by atoms with van der Waals surface area (Å²) >= 11 is 0. The van der Waals surface area contributed by atoms with E-state index in [0.717, 1.165) is 44.8 Å². The predicted octanol–water partition coefficient (Wildman–Crippen LogP) is 6.21. The number of amides is 2. The molecule has 0 spiro atoms. The van der Waals surface area contributed by atoms with Crippen LogP contribution in [0.3, 0.4) is 0 Å². The first-order valence-electron chi connectivity index (χ1n) is 14.1. The maximum atomic E-state index is 13.1. The Balaban J connectivity index is 1.25. The molecule has 1 fully saturated rings. The van der Waals surface area contributed by atoms with E-state index in [-0.39, 0.29) is 11.8 Å². The second-order valence-corrected chi connectivity index (χ2v) is 10.6. The van der Waals surface area contributed by atoms with Crippen LogP contribution in [0.15, 0.2) is 92.0 Å². The Hall–Kier alpha value is -5.28. The number of nitrogens with one attached hydrogen (secondary N) is 2. The third-order valence-electron chi connectivity index (χ3n) is 7.59. The van der Waals surface area contributed by atoms with E-state index < -0.39 is 0 Å². The number of anilines is 3. The minimum atomic E-state index is -0.178. The van der Waals surface area contributed by atoms with E-state index in [1.54, 1.807) is 29.4 Å². The Kier molecular flexibility index (Phi) is 7.72. The van der Waals surface area contributed by atoms with Gasteiger partial charge in [0.15, 0.2) is 5.65 Å². The van der Waals surface area contributed by atoms with Gasteiger partial charge in [-0.05, 0) is 66.9 Å². The first-order chi connectivity index (χ1) is 20.9. The lowest BCUT2D eigenvalue weighted by atomic mass is 9.99. The zero-order valence-corrected chi connectivity index (χ0v) is 24.1. The van der Waals surface area contributed by atoms with E-state index in [2.05, 4.69) is 27.2 Å². The first kappa shape index (κ1) is 27.9. The lowest BCUT2D eigenvalue weighted by Gasteiger charge is -2.26. The Morgan fingerprint density at radius 2 is 1.67 bits per heavy atom. The summed E-state index contributed by atoms with van der Waals surface area (Å²) < 4.78 is 7.30. The Bertz CT molecular complexity index is 1820. The number of pyridine rings is 2. The van der Waals surface area contributed by atoms with Gasteiger partial charge in [-0.3, -0.25) is 9.59 Å². The molecule has 0 radical (unpaired) electrons. The van der Waals surface area contributed by atoms with Crippen LogP contribution in [0.4, 0.5) is 17.2 Å². The van der Waals surface area contributed by atoms with Gasteiger partial charge in [0.2, 0.25) is 0 Å². The lowest BCUT2D eigenvalue weighted by Crippen LogP contribution is -2.40. The number of carbonyl (C=O) groups is 2. The Labute approximate surface area is 249 Å². The molecule has 2 amide bonds. The van der Waals surface area contributed by atoms with Crippen molar-refractivity contribution in [1.82, 2.24) is 19.3 Å². The summed E-state index contributed by atoms with van der Waals surface area (Å²) in [6.07, 6.45) is 7.23. The highest BCUT2D eigenvalue weighted by Crippen LogP contribution is 2.33. The largest absolute Gasteiger partial charge is 0.378 e. The molecule has 1 aliphatic rings. The number of hydrogen-bond donors (Lipinski definition) is 2. The van der Waals surface area contributed by atoms with Crippen LogP contribution in [-0.4, -0.2) is 57.4 Å². The summed E-state index contributed by atoms with van der Waals surface area (Å²) in [6.45, 7) is 10.1. The first-order valence-corrected chi connectivity index (χ1v) is 14.1. The minimum Gasteiger partial charge on any atom is -0.378 e. The van der Waals surface area contributed by atoms with Gasteiger partial charge in [0.1, 0.15) is 5.82 Å². The zero-order valence-electron chi connectivity index (χ0n) is 24.1. The van der Waals surface area contributed by atoms with Crippen molar-refractivity contribution in [3.63, 3.8) is 0 Å². The van der Waals surface area contributed by atoms with Gasteiger partial charge in [0.25, 0.3) is 11.8 Å². The van der Waals surface area contributed by atoms with Crippen molar-refractivity contribution in [3.05, 3.63) is 114 Å². The molecule has 3 aromatic heterocycles. The summed E-state index contributed by atoms with van der Waals surface area (Å²) in [7, 11) is 0. The smallest absolute Gasteiger partial charge is 0.255 e. The number of allylic oxidation sites excluding steroid dienone is 1. The lowest BCUT2D eigenvalue weighted by molar-refractivity contribution is 0.0302. The van der Waals surface area contributed by atoms with Crippen LogP contribution in [0.5, 0.6) is 0 Å². The second-order valence-electron chi connectivity index (χ2n) is 10.6. The number of rotatable bonds is 7. The molecule has 6 rings (SSSR count). The monoisotopic (exact) mass is 572 g/mol. The van der Waals surface area contributed by atoms with Gasteiger partial charge in [-0.15, -0.1) is 0 Å². The molecule has 0 bridgehead atoms. The standard InChI is InChI=1S/C34H32N6O3/c1-22(2)24-7-9-25(10-8-24)33(41)38-29-6-4-5-28(23(29)3)27-19-30(32-35-13-14-40(32)21-27)37-31-12-11-26(20-36-31)34(42)39-15-17-43-18-16-39/h4-14,19-21H,1,15-18H2,2-3H3,(H,36,37)(H,38,41). The van der Waals surface area contributed by atoms with Gasteiger partial charge >= 0.3 is 0 Å². The number of nitrogens with zero attached hydrogens (tertiary/aromatic N) is 4. The summed E-state index contributed by atoms with van der Waals surface area (Å²) in [5.41, 5.74) is 8.12. The molecular formula is C34H32N6O3. The number of ether oxygens (including phenoxy) is 1. The molecule has 0 saturated carbocycles. The number of benzene rings is 2. The Morgan fingerprint density at radius 1 is 0.930 bits per heavy atom. The van der Waals surface area contributed by atoms with Gasteiger partial charge in [-0.25, -0.2) is 9.97 Å². The third-order valence-corrected chi connectivity index (χ3v) is 7.59. The highest BCUT2D eigenvalue weighted by atomic mass is 16.5. The number of fused-ring (bicyclic) bond motifs is 1. The highest BCUT2D eigenvalue weighted by molar-refractivity contribution is 6.05. The zero-order chi connectivity index (χ0) is 29.9. The summed E-state index contributed by atoms with van der Waals surface area (Å²) in [4.78, 5) is 36.7. The molecule has 0 aliphatic carbocycles. The van der Waals surface area contributed by atoms with Crippen LogP contribution < -0.4 is 10.6 Å². The average Bonchev–Trinajstić information content (AvgIpc) is 3.52. The van der Waals surface area contributed by atoms with Crippen LogP contribution in [0.2, 0.25) is 0 Å². The molecule has 43 heavy (non-hydrogen) atoms. The van der Waals surface area contributed by atoms with Gasteiger partial charge in [0, 0.05) is 54.7 Å². The van der Waals surface area contributed by atoms with E-state index in [1.165, 1.54) is 0 Å². The number of imidazole rings is 1. The van der Waals surface area contributed by atoms with Crippen molar-refractivity contribution in [3.8, 4) is 11.1 Å². The summed E-state index contributed by atoms with van der Waals surface area (Å²) in [6, 6.07) is 18.9. The van der Waals surface area contributed by atoms with Crippen molar-refractivity contribution in [1.29, 1.82) is 0 Å². The number of morpholine rings is 1. The van der Waals surface area contributed by atoms with Crippen LogP contribution in [0, 0.1) is 6.92 Å². The van der Waals surface area contributed by atoms with Crippen molar-refractivity contribution in [2.45, 2.75) is 13.8 Å². The average molecular weight is 573 g/mol. The molecule has 0 atom stereocenters. The third kappa shape index (κ3) is 5.89. The van der Waals surface area contributed by atoms with Crippen molar-refractivity contribution >= 4 is 40.2 Å². The molecule has 1 aliphatic heterocycles. The minimum absolute atomic E-state index is 0.0497. The van der Waals surface area contributed by atoms with Gasteiger partial charge in [-0.2, -0.15) is 0 Å². The van der Waals surface area contributed by atoms with Crippen LogP contribution in [0.25, 0.3) is 22.3 Å². The molecule has 2 aromatic carbocycles. The second kappa shape index (κ2) is 11.9. The normalized spacial score (nSPS) is 13.1. The maximum absolute atomic E-state index is 13.1. The number of carbonyl (C=O) groups excluding carboxylic acids is 2. The van der Waals surface area contributed by atoms with E-state index in [0.29, 0.717) is 43.2 Å². The van der Waals surface area contributed by atoms with E-state index in [1.807, 2.05) is 79.2 Å². The molecule has 1 saturated heterocycles. The Morgan fingerprint density at radius 3 is 2.40 bits per heavy atom. The van der Waals surface area contributed by atoms with Gasteiger partial charge in [0.05, 0.1) is 24.5 Å². The van der Waals surface area contributed by atoms with Crippen molar-refractivity contribution < 1.29 is 14.3 Å². The quantitative estimate of drug-likeness (QED) is 0.241. The topological polar surface area (TPSA) is 101 Å². The van der Waals surface area contributed by atoms with Crippen molar-refractivity contribution in [2.75, 3.05) is 36.9 Å². The van der Waals surface area contributed by atoms with Crippen LogP contribution >= 0.6 is 0 Å². The van der Waals surface area contributed by atoms with Crippen molar-refractivity contribution in [2.24, 2.45) is 0 Å². The van der Waals surface area contributed by atoms with Crippen LogP contribution in [-0.2, 0) is 4.74 Å². The van der Waals surface area contributed by atoms with E-state index >= 15 is 0 Å². The number of hydrogen-bond acceptors (Lipinski definition) is 6. The molecular weight excluding hydrogens is 540 g/mol. The molecule has 2 N–H and O–H groups in total. The maximum Gasteiger partial charge on any atom is 0.255 e. The SMILES string of the molecule is C=C(C)c1ccc(C(=O)Nc2cccc(-c3cc(Nc4ccc(C(=O)N5CCOCC5)cn4)c4nccn4c3)c2C)cc1. The highest BCUT2D eigenvalue weighted by Gasteiger charge is 2.19. The number of aromatic nitrogens is 3. The van der Waals surface area contributed by atoms with Gasteiger partial charge in [-0.1, -0.05) is 36.4 Å². The predicted molar refractivity (Wildman–Crippen MR) is 169 cm³/mol. The van der Waals surface area contributed by atoms with Crippen LogP contribution in [0.1, 0.15) is 38.8 Å². The fourth-order valence-electron chi connectivity index (χ4n) is 5.14. The molecule has 4 heterocycles. The molecule has 216 valence electrons. The summed E-state index contributed by atoms with van der Waals surface area (Å²) in [5.74, 6) is 0.366. The molecule has 5 aromatic rings.